The molecule has 3 rings (SSSR count). The molecule has 31 heavy (non-hydrogen) atoms. The Kier molecular flexibility index (Phi) is 7.11. The molecule has 3 aromatic rings. The molecule has 3 aromatic carbocycles. The highest BCUT2D eigenvalue weighted by molar-refractivity contribution is 6.09. The fraction of sp³-hybridized carbons (Fsp3) is 0.125. The molecule has 0 aliphatic heterocycles. The first kappa shape index (κ1) is 21.7. The summed E-state index contributed by atoms with van der Waals surface area (Å²) in [6, 6.07) is 20.5. The van der Waals surface area contributed by atoms with E-state index in [0.29, 0.717) is 22.6 Å². The van der Waals surface area contributed by atoms with Crippen molar-refractivity contribution in [3.8, 4) is 5.75 Å². The van der Waals surface area contributed by atoms with Crippen LogP contribution in [0.1, 0.15) is 22.3 Å². The summed E-state index contributed by atoms with van der Waals surface area (Å²) < 4.78 is 18.6. The number of amides is 2. The Balaban J connectivity index is 1.63. The van der Waals surface area contributed by atoms with Gasteiger partial charge in [-0.2, -0.15) is 0 Å². The topological polar surface area (TPSA) is 89.7 Å². The van der Waals surface area contributed by atoms with Gasteiger partial charge in [-0.3, -0.25) is 14.4 Å². The number of primary amides is 1. The summed E-state index contributed by atoms with van der Waals surface area (Å²) in [5.74, 6) is -1.09. The van der Waals surface area contributed by atoms with Gasteiger partial charge in [-0.05, 0) is 60.7 Å². The van der Waals surface area contributed by atoms with Gasteiger partial charge in [0.1, 0.15) is 11.6 Å². The van der Waals surface area contributed by atoms with Crippen molar-refractivity contribution in [2.75, 3.05) is 18.1 Å². The van der Waals surface area contributed by atoms with Crippen molar-refractivity contribution in [3.63, 3.8) is 0 Å². The maximum atomic E-state index is 13.0. The summed E-state index contributed by atoms with van der Waals surface area (Å²) in [5, 5.41) is 0. The summed E-state index contributed by atoms with van der Waals surface area (Å²) in [5.41, 5.74) is 6.64. The van der Waals surface area contributed by atoms with Gasteiger partial charge in [-0.15, -0.1) is 0 Å². The second kappa shape index (κ2) is 10.2. The fourth-order valence-electron chi connectivity index (χ4n) is 2.92. The number of benzene rings is 3. The quantitative estimate of drug-likeness (QED) is 0.538. The number of halogens is 1. The summed E-state index contributed by atoms with van der Waals surface area (Å²) in [6.45, 7) is -0.106. The van der Waals surface area contributed by atoms with Gasteiger partial charge in [0.05, 0.1) is 0 Å². The van der Waals surface area contributed by atoms with Crippen molar-refractivity contribution in [1.82, 2.24) is 0 Å². The van der Waals surface area contributed by atoms with Crippen molar-refractivity contribution >= 4 is 23.3 Å². The third-order valence-electron chi connectivity index (χ3n) is 4.54. The van der Waals surface area contributed by atoms with E-state index in [4.69, 9.17) is 10.5 Å². The van der Waals surface area contributed by atoms with Gasteiger partial charge in [0.2, 0.25) is 5.91 Å². The van der Waals surface area contributed by atoms with Gasteiger partial charge in [-0.25, -0.2) is 4.39 Å². The number of ketones is 1. The molecule has 0 heterocycles. The van der Waals surface area contributed by atoms with E-state index in [1.165, 1.54) is 29.2 Å². The molecule has 0 atom stereocenters. The zero-order valence-corrected chi connectivity index (χ0v) is 16.7. The second-order valence-electron chi connectivity index (χ2n) is 6.75. The Bertz CT molecular complexity index is 1050. The molecule has 0 aliphatic rings. The van der Waals surface area contributed by atoms with Crippen LogP contribution in [0.25, 0.3) is 0 Å². The van der Waals surface area contributed by atoms with Crippen LogP contribution in [-0.4, -0.2) is 30.7 Å². The molecule has 0 unspecified atom stereocenters. The third kappa shape index (κ3) is 5.99. The zero-order valence-electron chi connectivity index (χ0n) is 16.7. The highest BCUT2D eigenvalue weighted by Gasteiger charge is 2.17. The molecule has 158 valence electrons. The fourth-order valence-corrected chi connectivity index (χ4v) is 2.92. The van der Waals surface area contributed by atoms with Crippen molar-refractivity contribution in [2.45, 2.75) is 6.42 Å². The number of carbonyl (C=O) groups is 3. The maximum Gasteiger partial charge on any atom is 0.264 e. The van der Waals surface area contributed by atoms with Crippen molar-refractivity contribution < 1.29 is 23.5 Å². The Morgan fingerprint density at radius 1 is 0.839 bits per heavy atom. The number of anilines is 1. The molecule has 0 bridgehead atoms. The molecule has 6 nitrogen and oxygen atoms in total. The number of rotatable bonds is 9. The lowest BCUT2D eigenvalue weighted by molar-refractivity contribution is -0.120. The number of para-hydroxylation sites is 1. The Hall–Kier alpha value is -4.00. The smallest absolute Gasteiger partial charge is 0.264 e. The average Bonchev–Trinajstić information content (AvgIpc) is 2.79. The molecule has 0 aromatic heterocycles. The molecule has 0 aliphatic carbocycles. The summed E-state index contributed by atoms with van der Waals surface area (Å²) in [4.78, 5) is 37.7. The average molecular weight is 420 g/mol. The monoisotopic (exact) mass is 420 g/mol. The number of carbonyl (C=O) groups excluding carboxylic acids is 3. The van der Waals surface area contributed by atoms with E-state index in [0.717, 1.165) is 0 Å². The van der Waals surface area contributed by atoms with E-state index >= 15 is 0 Å². The minimum atomic E-state index is -0.504. The molecule has 0 fully saturated rings. The Labute approximate surface area is 179 Å². The van der Waals surface area contributed by atoms with Gasteiger partial charge in [0, 0.05) is 29.8 Å². The van der Waals surface area contributed by atoms with Gasteiger partial charge >= 0.3 is 0 Å². The minimum absolute atomic E-state index is 0.0286. The number of ether oxygens (including phenoxy) is 1. The molecular formula is C24H21FN2O4. The first-order valence-corrected chi connectivity index (χ1v) is 9.61. The molecule has 2 amide bonds. The molecule has 0 saturated carbocycles. The number of hydrogen-bond acceptors (Lipinski definition) is 4. The van der Waals surface area contributed by atoms with Crippen molar-refractivity contribution in [1.29, 1.82) is 0 Å². The molecule has 7 heteroatoms. The van der Waals surface area contributed by atoms with E-state index in [2.05, 4.69) is 0 Å². The standard InChI is InChI=1S/C24H21FN2O4/c25-19-10-6-17(7-11-19)24(30)18-8-12-21(13-9-18)31-16-23(29)27(15-14-22(26)28)20-4-2-1-3-5-20/h1-13H,14-16H2,(H2,26,28). The van der Waals surface area contributed by atoms with Gasteiger partial charge in [0.15, 0.2) is 12.4 Å². The predicted octanol–water partition coefficient (Wildman–Crippen LogP) is 3.34. The maximum absolute atomic E-state index is 13.0. The van der Waals surface area contributed by atoms with Crippen LogP contribution in [0.5, 0.6) is 5.75 Å². The third-order valence-corrected chi connectivity index (χ3v) is 4.54. The lowest BCUT2D eigenvalue weighted by atomic mass is 10.0. The summed E-state index contributed by atoms with van der Waals surface area (Å²) in [6.07, 6.45) is 0.0286. The van der Waals surface area contributed by atoms with Crippen LogP contribution in [-0.2, 0) is 9.59 Å². The van der Waals surface area contributed by atoms with E-state index in [-0.39, 0.29) is 31.3 Å². The largest absolute Gasteiger partial charge is 0.484 e. The van der Waals surface area contributed by atoms with Crippen LogP contribution in [0, 0.1) is 5.82 Å². The molecular weight excluding hydrogens is 399 g/mol. The number of hydrogen-bond donors (Lipinski definition) is 1. The Morgan fingerprint density at radius 3 is 2.00 bits per heavy atom. The zero-order chi connectivity index (χ0) is 22.2. The van der Waals surface area contributed by atoms with Crippen LogP contribution in [0.3, 0.4) is 0 Å². The van der Waals surface area contributed by atoms with E-state index in [9.17, 15) is 18.8 Å². The van der Waals surface area contributed by atoms with E-state index in [1.54, 1.807) is 48.5 Å². The van der Waals surface area contributed by atoms with Gasteiger partial charge < -0.3 is 15.4 Å². The highest BCUT2D eigenvalue weighted by atomic mass is 19.1. The molecule has 0 spiro atoms. The predicted molar refractivity (Wildman–Crippen MR) is 114 cm³/mol. The van der Waals surface area contributed by atoms with Crippen LogP contribution < -0.4 is 15.4 Å². The summed E-state index contributed by atoms with van der Waals surface area (Å²) in [7, 11) is 0. The lowest BCUT2D eigenvalue weighted by Gasteiger charge is -2.22. The minimum Gasteiger partial charge on any atom is -0.484 e. The summed E-state index contributed by atoms with van der Waals surface area (Å²) >= 11 is 0. The van der Waals surface area contributed by atoms with Gasteiger partial charge in [-0.1, -0.05) is 18.2 Å². The van der Waals surface area contributed by atoms with Crippen LogP contribution in [0.4, 0.5) is 10.1 Å². The van der Waals surface area contributed by atoms with Crippen molar-refractivity contribution in [2.24, 2.45) is 5.73 Å². The molecule has 0 saturated heterocycles. The number of nitrogens with two attached hydrogens (primary N) is 1. The van der Waals surface area contributed by atoms with Crippen LogP contribution in [0.2, 0.25) is 0 Å². The first-order chi connectivity index (χ1) is 14.9. The molecule has 2 N–H and O–H groups in total. The van der Waals surface area contributed by atoms with Crippen LogP contribution in [0.15, 0.2) is 78.9 Å². The lowest BCUT2D eigenvalue weighted by Crippen LogP contribution is -2.37. The second-order valence-corrected chi connectivity index (χ2v) is 6.75. The molecule has 0 radical (unpaired) electrons. The highest BCUT2D eigenvalue weighted by Crippen LogP contribution is 2.18. The van der Waals surface area contributed by atoms with Crippen molar-refractivity contribution in [3.05, 3.63) is 95.8 Å². The normalized spacial score (nSPS) is 10.4. The first-order valence-electron chi connectivity index (χ1n) is 9.61. The Morgan fingerprint density at radius 2 is 1.42 bits per heavy atom. The van der Waals surface area contributed by atoms with E-state index in [1.807, 2.05) is 6.07 Å². The SMILES string of the molecule is NC(=O)CCN(C(=O)COc1ccc(C(=O)c2ccc(F)cc2)cc1)c1ccccc1. The van der Waals surface area contributed by atoms with Gasteiger partial charge in [0.25, 0.3) is 5.91 Å². The van der Waals surface area contributed by atoms with Crippen LogP contribution >= 0.6 is 0 Å². The number of nitrogens with zero attached hydrogens (tertiary/aromatic N) is 1. The van der Waals surface area contributed by atoms with E-state index < -0.39 is 11.7 Å².